The van der Waals surface area contributed by atoms with Crippen LogP contribution in [0.25, 0.3) is 22.2 Å². The highest BCUT2D eigenvalue weighted by Gasteiger charge is 2.30. The van der Waals surface area contributed by atoms with Crippen LogP contribution >= 0.6 is 11.6 Å². The Morgan fingerprint density at radius 2 is 1.45 bits per heavy atom. The Labute approximate surface area is 177 Å². The third kappa shape index (κ3) is 3.48. The summed E-state index contributed by atoms with van der Waals surface area (Å²) in [5, 5.41) is 2.12. The van der Waals surface area contributed by atoms with Crippen LogP contribution in [0.4, 0.5) is 0 Å². The number of halogens is 1. The zero-order valence-electron chi connectivity index (χ0n) is 16.4. The number of piperidine rings is 1. The maximum Gasteiger partial charge on any atom is 0.0644 e. The van der Waals surface area contributed by atoms with E-state index in [9.17, 15) is 0 Å². The smallest absolute Gasteiger partial charge is 0.0644 e. The van der Waals surface area contributed by atoms with E-state index in [1.807, 2.05) is 12.1 Å². The third-order valence-electron chi connectivity index (χ3n) is 6.04. The van der Waals surface area contributed by atoms with Crippen molar-refractivity contribution in [2.75, 3.05) is 13.1 Å². The zero-order chi connectivity index (χ0) is 19.6. The molecule has 0 bridgehead atoms. The molecule has 29 heavy (non-hydrogen) atoms. The van der Waals surface area contributed by atoms with Crippen LogP contribution in [0.2, 0.25) is 5.02 Å². The van der Waals surface area contributed by atoms with Gasteiger partial charge in [-0.15, -0.1) is 0 Å². The molecule has 146 valence electrons. The SMILES string of the molecule is Clc1ccccc1C(c1c(-c2ccccc2)[nH]c2ccccc12)N1CCCCC1. The first kappa shape index (κ1) is 18.5. The van der Waals surface area contributed by atoms with Gasteiger partial charge in [0.25, 0.3) is 0 Å². The first-order chi connectivity index (χ1) is 14.3. The standard InChI is InChI=1S/C26H25ClN2/c27-22-15-7-5-13-20(22)26(29-17-9-2-10-18-29)24-21-14-6-8-16-23(21)28-25(24)19-11-3-1-4-12-19/h1,3-8,11-16,26,28H,2,9-10,17-18H2. The highest BCUT2D eigenvalue weighted by Crippen LogP contribution is 2.43. The summed E-state index contributed by atoms with van der Waals surface area (Å²) in [6.07, 6.45) is 3.79. The first-order valence-electron chi connectivity index (χ1n) is 10.5. The van der Waals surface area contributed by atoms with Crippen molar-refractivity contribution < 1.29 is 0 Å². The predicted octanol–water partition coefficient (Wildman–Crippen LogP) is 7.06. The fourth-order valence-corrected chi connectivity index (χ4v) is 4.93. The molecule has 3 aromatic carbocycles. The Morgan fingerprint density at radius 1 is 0.759 bits per heavy atom. The number of fused-ring (bicyclic) bond motifs is 1. The van der Waals surface area contributed by atoms with E-state index in [-0.39, 0.29) is 6.04 Å². The molecule has 1 aromatic heterocycles. The molecular weight excluding hydrogens is 376 g/mol. The number of aromatic nitrogens is 1. The topological polar surface area (TPSA) is 19.0 Å². The molecule has 0 amide bonds. The van der Waals surface area contributed by atoms with Crippen LogP contribution in [0.1, 0.15) is 36.4 Å². The van der Waals surface area contributed by atoms with Gasteiger partial charge in [-0.1, -0.05) is 84.8 Å². The number of nitrogens with one attached hydrogen (secondary N) is 1. The highest BCUT2D eigenvalue weighted by atomic mass is 35.5. The number of hydrogen-bond donors (Lipinski definition) is 1. The van der Waals surface area contributed by atoms with E-state index in [2.05, 4.69) is 76.6 Å². The molecule has 5 rings (SSSR count). The fourth-order valence-electron chi connectivity index (χ4n) is 4.69. The Kier molecular flexibility index (Phi) is 5.13. The van der Waals surface area contributed by atoms with Crippen molar-refractivity contribution in [1.82, 2.24) is 9.88 Å². The monoisotopic (exact) mass is 400 g/mol. The van der Waals surface area contributed by atoms with Crippen molar-refractivity contribution >= 4 is 22.5 Å². The van der Waals surface area contributed by atoms with Crippen LogP contribution in [0.15, 0.2) is 78.9 Å². The fraction of sp³-hybridized carbons (Fsp3) is 0.231. The van der Waals surface area contributed by atoms with Gasteiger partial charge < -0.3 is 4.98 Å². The lowest BCUT2D eigenvalue weighted by Crippen LogP contribution is -2.34. The number of rotatable bonds is 4. The van der Waals surface area contributed by atoms with Crippen LogP contribution in [-0.4, -0.2) is 23.0 Å². The van der Waals surface area contributed by atoms with E-state index in [1.165, 1.54) is 52.5 Å². The summed E-state index contributed by atoms with van der Waals surface area (Å²) >= 11 is 6.77. The molecule has 1 atom stereocenters. The number of hydrogen-bond acceptors (Lipinski definition) is 1. The molecule has 0 saturated carbocycles. The van der Waals surface area contributed by atoms with Crippen LogP contribution in [0.3, 0.4) is 0 Å². The van der Waals surface area contributed by atoms with Gasteiger partial charge in [0.2, 0.25) is 0 Å². The molecule has 1 aliphatic heterocycles. The number of benzene rings is 3. The van der Waals surface area contributed by atoms with Crippen LogP contribution < -0.4 is 0 Å². The van der Waals surface area contributed by atoms with Gasteiger partial charge in [-0.3, -0.25) is 4.90 Å². The van der Waals surface area contributed by atoms with Crippen LogP contribution in [0, 0.1) is 0 Å². The zero-order valence-corrected chi connectivity index (χ0v) is 17.2. The Hall–Kier alpha value is -2.55. The molecule has 1 aliphatic rings. The van der Waals surface area contributed by atoms with Crippen molar-refractivity contribution in [3.05, 3.63) is 95.0 Å². The minimum absolute atomic E-state index is 0.135. The summed E-state index contributed by atoms with van der Waals surface area (Å²) in [5.41, 5.74) is 6.12. The van der Waals surface area contributed by atoms with Crippen molar-refractivity contribution in [3.8, 4) is 11.3 Å². The van der Waals surface area contributed by atoms with E-state index < -0.39 is 0 Å². The summed E-state index contributed by atoms with van der Waals surface area (Å²) in [7, 11) is 0. The molecule has 1 saturated heterocycles. The summed E-state index contributed by atoms with van der Waals surface area (Å²) in [5.74, 6) is 0. The quantitative estimate of drug-likeness (QED) is 0.388. The van der Waals surface area contributed by atoms with Crippen molar-refractivity contribution in [2.24, 2.45) is 0 Å². The van der Waals surface area contributed by atoms with Crippen molar-refractivity contribution in [1.29, 1.82) is 0 Å². The van der Waals surface area contributed by atoms with E-state index >= 15 is 0 Å². The lowest BCUT2D eigenvalue weighted by atomic mass is 9.91. The van der Waals surface area contributed by atoms with Gasteiger partial charge in [0.05, 0.1) is 11.7 Å². The molecule has 2 heterocycles. The second kappa shape index (κ2) is 8.06. The Morgan fingerprint density at radius 3 is 2.24 bits per heavy atom. The number of para-hydroxylation sites is 1. The first-order valence-corrected chi connectivity index (χ1v) is 10.9. The van der Waals surface area contributed by atoms with Gasteiger partial charge in [0.15, 0.2) is 0 Å². The molecular formula is C26H25ClN2. The molecule has 1 N–H and O–H groups in total. The van der Waals surface area contributed by atoms with Gasteiger partial charge in [-0.25, -0.2) is 0 Å². The molecule has 0 radical (unpaired) electrons. The van der Waals surface area contributed by atoms with Gasteiger partial charge in [-0.2, -0.15) is 0 Å². The molecule has 1 fully saturated rings. The van der Waals surface area contributed by atoms with Gasteiger partial charge in [0.1, 0.15) is 0 Å². The third-order valence-corrected chi connectivity index (χ3v) is 6.38. The average molecular weight is 401 g/mol. The minimum Gasteiger partial charge on any atom is -0.354 e. The summed E-state index contributed by atoms with van der Waals surface area (Å²) in [6.45, 7) is 2.20. The van der Waals surface area contributed by atoms with Gasteiger partial charge in [-0.05, 0) is 49.2 Å². The second-order valence-corrected chi connectivity index (χ2v) is 8.25. The summed E-state index contributed by atoms with van der Waals surface area (Å²) in [4.78, 5) is 6.34. The highest BCUT2D eigenvalue weighted by molar-refractivity contribution is 6.31. The number of aromatic amines is 1. The minimum atomic E-state index is 0.135. The predicted molar refractivity (Wildman–Crippen MR) is 122 cm³/mol. The number of H-pyrrole nitrogens is 1. The molecule has 4 aromatic rings. The van der Waals surface area contributed by atoms with Crippen molar-refractivity contribution in [3.63, 3.8) is 0 Å². The summed E-state index contributed by atoms with van der Waals surface area (Å²) in [6, 6.07) is 27.8. The van der Waals surface area contributed by atoms with Gasteiger partial charge >= 0.3 is 0 Å². The molecule has 0 spiro atoms. The maximum absolute atomic E-state index is 6.77. The van der Waals surface area contributed by atoms with Gasteiger partial charge in [0, 0.05) is 21.5 Å². The van der Waals surface area contributed by atoms with E-state index in [0.717, 1.165) is 18.1 Å². The number of nitrogens with zero attached hydrogens (tertiary/aromatic N) is 1. The lowest BCUT2D eigenvalue weighted by molar-refractivity contribution is 0.188. The average Bonchev–Trinajstić information content (AvgIpc) is 3.16. The Balaban J connectivity index is 1.78. The van der Waals surface area contributed by atoms with E-state index in [4.69, 9.17) is 11.6 Å². The molecule has 2 nitrogen and oxygen atoms in total. The van der Waals surface area contributed by atoms with Crippen LogP contribution in [-0.2, 0) is 0 Å². The maximum atomic E-state index is 6.77. The van der Waals surface area contributed by atoms with E-state index in [1.54, 1.807) is 0 Å². The normalized spacial score (nSPS) is 16.2. The lowest BCUT2D eigenvalue weighted by Gasteiger charge is -2.36. The molecule has 3 heteroatoms. The Bertz CT molecular complexity index is 1110. The van der Waals surface area contributed by atoms with Crippen molar-refractivity contribution in [2.45, 2.75) is 25.3 Å². The summed E-state index contributed by atoms with van der Waals surface area (Å²) < 4.78 is 0. The largest absolute Gasteiger partial charge is 0.354 e. The molecule has 0 aliphatic carbocycles. The molecule has 1 unspecified atom stereocenters. The van der Waals surface area contributed by atoms with E-state index in [0.29, 0.717) is 0 Å². The van der Waals surface area contributed by atoms with Crippen LogP contribution in [0.5, 0.6) is 0 Å². The number of likely N-dealkylation sites (tertiary alicyclic amines) is 1. The second-order valence-electron chi connectivity index (χ2n) is 7.85.